The van der Waals surface area contributed by atoms with Crippen LogP contribution in [0.5, 0.6) is 0 Å². The third-order valence-electron chi connectivity index (χ3n) is 3.32. The van der Waals surface area contributed by atoms with Gasteiger partial charge in [-0.25, -0.2) is 0 Å². The molecule has 0 aromatic carbocycles. The van der Waals surface area contributed by atoms with E-state index in [0.29, 0.717) is 13.2 Å². The van der Waals surface area contributed by atoms with Crippen molar-refractivity contribution in [2.75, 3.05) is 18.5 Å². The molecule has 92 valence electrons. The minimum Gasteiger partial charge on any atom is -0.379 e. The Labute approximate surface area is 100 Å². The van der Waals surface area contributed by atoms with Crippen LogP contribution in [0.4, 0.5) is 5.69 Å². The summed E-state index contributed by atoms with van der Waals surface area (Å²) in [6, 6.07) is 1.59. The van der Waals surface area contributed by atoms with Crippen LogP contribution in [-0.4, -0.2) is 30.1 Å². The van der Waals surface area contributed by atoms with Gasteiger partial charge in [0.2, 0.25) is 5.91 Å². The number of anilines is 1. The molecule has 0 spiro atoms. The maximum Gasteiger partial charge on any atom is 0.234 e. The normalized spacial score (nSPS) is 28.1. The fraction of sp³-hybridized carbons (Fsp3) is 0.500. The molecule has 0 bridgehead atoms. The monoisotopic (exact) mass is 235 g/mol. The quantitative estimate of drug-likeness (QED) is 0.790. The topological polar surface area (TPSA) is 77.2 Å². The number of carbonyl (C=O) groups excluding carboxylic acids is 1. The lowest BCUT2D eigenvalue weighted by molar-refractivity contribution is -0.125. The van der Waals surface area contributed by atoms with Gasteiger partial charge in [0, 0.05) is 12.2 Å². The summed E-state index contributed by atoms with van der Waals surface area (Å²) < 4.78 is 5.26. The Morgan fingerprint density at radius 3 is 3.06 bits per heavy atom. The van der Waals surface area contributed by atoms with Crippen molar-refractivity contribution < 1.29 is 9.53 Å². The van der Waals surface area contributed by atoms with Crippen molar-refractivity contribution in [1.82, 2.24) is 4.98 Å². The Kier molecular flexibility index (Phi) is 3.13. The van der Waals surface area contributed by atoms with Crippen LogP contribution < -0.4 is 11.1 Å². The summed E-state index contributed by atoms with van der Waals surface area (Å²) in [7, 11) is 0. The van der Waals surface area contributed by atoms with Gasteiger partial charge in [0.15, 0.2) is 0 Å². The van der Waals surface area contributed by atoms with Crippen molar-refractivity contribution in [2.24, 2.45) is 11.1 Å². The van der Waals surface area contributed by atoms with Crippen LogP contribution >= 0.6 is 0 Å². The standard InChI is InChI=1S/C12H17N3O2/c1-8-3-4-14-5-9(8)15-11(16)12(2)7-17-6-10(12)13/h3-5,10H,6-7,13H2,1-2H3,(H,15,16). The van der Waals surface area contributed by atoms with Crippen LogP contribution in [-0.2, 0) is 9.53 Å². The van der Waals surface area contributed by atoms with E-state index < -0.39 is 5.41 Å². The van der Waals surface area contributed by atoms with Gasteiger partial charge in [0.1, 0.15) is 0 Å². The van der Waals surface area contributed by atoms with Crippen molar-refractivity contribution in [3.05, 3.63) is 24.0 Å². The number of aryl methyl sites for hydroxylation is 1. The number of nitrogens with zero attached hydrogens (tertiary/aromatic N) is 1. The molecular formula is C12H17N3O2. The molecule has 2 rings (SSSR count). The van der Waals surface area contributed by atoms with Gasteiger partial charge < -0.3 is 15.8 Å². The minimum absolute atomic E-state index is 0.112. The number of nitrogens with one attached hydrogen (secondary N) is 1. The van der Waals surface area contributed by atoms with E-state index in [1.165, 1.54) is 0 Å². The summed E-state index contributed by atoms with van der Waals surface area (Å²) in [6.07, 6.45) is 3.33. The highest BCUT2D eigenvalue weighted by atomic mass is 16.5. The summed E-state index contributed by atoms with van der Waals surface area (Å²) in [6.45, 7) is 4.53. The van der Waals surface area contributed by atoms with Crippen LogP contribution in [0.3, 0.4) is 0 Å². The van der Waals surface area contributed by atoms with E-state index in [1.54, 1.807) is 12.4 Å². The molecule has 0 radical (unpaired) electrons. The first-order chi connectivity index (χ1) is 8.04. The zero-order valence-corrected chi connectivity index (χ0v) is 10.1. The maximum atomic E-state index is 12.2. The van der Waals surface area contributed by atoms with E-state index in [1.807, 2.05) is 19.9 Å². The predicted molar refractivity (Wildman–Crippen MR) is 64.5 cm³/mol. The molecule has 1 fully saturated rings. The molecule has 3 N–H and O–H groups in total. The Balaban J connectivity index is 2.15. The molecule has 2 unspecified atom stereocenters. The highest BCUT2D eigenvalue weighted by Crippen LogP contribution is 2.29. The Morgan fingerprint density at radius 2 is 2.47 bits per heavy atom. The van der Waals surface area contributed by atoms with E-state index in [-0.39, 0.29) is 11.9 Å². The maximum absolute atomic E-state index is 12.2. The van der Waals surface area contributed by atoms with E-state index >= 15 is 0 Å². The number of rotatable bonds is 2. The molecule has 0 aliphatic carbocycles. The van der Waals surface area contributed by atoms with Crippen molar-refractivity contribution in [2.45, 2.75) is 19.9 Å². The third-order valence-corrected chi connectivity index (χ3v) is 3.32. The number of amides is 1. The van der Waals surface area contributed by atoms with Crippen LogP contribution in [0.2, 0.25) is 0 Å². The minimum atomic E-state index is -0.664. The predicted octanol–water partition coefficient (Wildman–Crippen LogP) is 0.692. The van der Waals surface area contributed by atoms with Crippen LogP contribution in [0.1, 0.15) is 12.5 Å². The average molecular weight is 235 g/mol. The third kappa shape index (κ3) is 2.16. The van der Waals surface area contributed by atoms with Crippen molar-refractivity contribution in [3.8, 4) is 0 Å². The van der Waals surface area contributed by atoms with Gasteiger partial charge in [0.05, 0.1) is 30.5 Å². The Morgan fingerprint density at radius 1 is 1.71 bits per heavy atom. The van der Waals surface area contributed by atoms with Gasteiger partial charge in [-0.05, 0) is 25.5 Å². The number of carbonyl (C=O) groups is 1. The van der Waals surface area contributed by atoms with E-state index in [2.05, 4.69) is 10.3 Å². The number of hydrogen-bond acceptors (Lipinski definition) is 4. The molecule has 1 aliphatic rings. The summed E-state index contributed by atoms with van der Waals surface area (Å²) >= 11 is 0. The molecule has 17 heavy (non-hydrogen) atoms. The Hall–Kier alpha value is -1.46. The number of nitrogens with two attached hydrogens (primary N) is 1. The zero-order chi connectivity index (χ0) is 12.5. The molecule has 1 aromatic heterocycles. The molecule has 1 aromatic rings. The fourth-order valence-corrected chi connectivity index (χ4v) is 1.78. The Bertz CT molecular complexity index is 436. The second-order valence-electron chi connectivity index (χ2n) is 4.68. The lowest BCUT2D eigenvalue weighted by Crippen LogP contribution is -2.47. The number of hydrogen-bond donors (Lipinski definition) is 2. The molecule has 2 atom stereocenters. The second-order valence-corrected chi connectivity index (χ2v) is 4.68. The second kappa shape index (κ2) is 4.43. The highest BCUT2D eigenvalue weighted by Gasteiger charge is 2.44. The first kappa shape index (κ1) is 12.0. The lowest BCUT2D eigenvalue weighted by Gasteiger charge is -2.25. The largest absolute Gasteiger partial charge is 0.379 e. The van der Waals surface area contributed by atoms with E-state index in [0.717, 1.165) is 11.3 Å². The number of ether oxygens (including phenoxy) is 1. The number of pyridine rings is 1. The molecule has 1 saturated heterocycles. The van der Waals surface area contributed by atoms with Gasteiger partial charge >= 0.3 is 0 Å². The zero-order valence-electron chi connectivity index (χ0n) is 10.1. The lowest BCUT2D eigenvalue weighted by atomic mass is 9.85. The molecule has 2 heterocycles. The molecule has 5 nitrogen and oxygen atoms in total. The molecule has 5 heteroatoms. The first-order valence-corrected chi connectivity index (χ1v) is 5.59. The van der Waals surface area contributed by atoms with Crippen molar-refractivity contribution in [1.29, 1.82) is 0 Å². The first-order valence-electron chi connectivity index (χ1n) is 5.59. The van der Waals surface area contributed by atoms with Crippen LogP contribution in [0.15, 0.2) is 18.5 Å². The summed E-state index contributed by atoms with van der Waals surface area (Å²) in [4.78, 5) is 16.2. The molecule has 1 amide bonds. The van der Waals surface area contributed by atoms with Gasteiger partial charge in [-0.15, -0.1) is 0 Å². The smallest absolute Gasteiger partial charge is 0.234 e. The van der Waals surface area contributed by atoms with Crippen LogP contribution in [0, 0.1) is 12.3 Å². The van der Waals surface area contributed by atoms with Crippen molar-refractivity contribution in [3.63, 3.8) is 0 Å². The van der Waals surface area contributed by atoms with Crippen molar-refractivity contribution >= 4 is 11.6 Å². The van der Waals surface area contributed by atoms with E-state index in [9.17, 15) is 4.79 Å². The van der Waals surface area contributed by atoms with Gasteiger partial charge in [0.25, 0.3) is 0 Å². The molecule has 0 saturated carbocycles. The molecular weight excluding hydrogens is 218 g/mol. The van der Waals surface area contributed by atoms with Crippen LogP contribution in [0.25, 0.3) is 0 Å². The SMILES string of the molecule is Cc1ccncc1NC(=O)C1(C)COCC1N. The van der Waals surface area contributed by atoms with Gasteiger partial charge in [-0.2, -0.15) is 0 Å². The summed E-state index contributed by atoms with van der Waals surface area (Å²) in [5.41, 5.74) is 6.94. The van der Waals surface area contributed by atoms with Gasteiger partial charge in [-0.3, -0.25) is 9.78 Å². The highest BCUT2D eigenvalue weighted by molar-refractivity contribution is 5.96. The average Bonchev–Trinajstić information content (AvgIpc) is 2.64. The van der Waals surface area contributed by atoms with E-state index in [4.69, 9.17) is 10.5 Å². The van der Waals surface area contributed by atoms with Gasteiger partial charge in [-0.1, -0.05) is 0 Å². The number of aromatic nitrogens is 1. The summed E-state index contributed by atoms with van der Waals surface area (Å²) in [5, 5.41) is 2.86. The summed E-state index contributed by atoms with van der Waals surface area (Å²) in [5.74, 6) is -0.112. The molecule has 1 aliphatic heterocycles. The fourth-order valence-electron chi connectivity index (χ4n) is 1.78.